The van der Waals surface area contributed by atoms with Crippen LogP contribution >= 0.6 is 0 Å². The number of hydrogen-bond acceptors (Lipinski definition) is 4. The molecule has 0 saturated heterocycles. The SMILES string of the molecule is O=S(=O)(NCCc1nnc2ccccn12)c1cccc(C(F)(F)F)c1. The van der Waals surface area contributed by atoms with Crippen molar-refractivity contribution in [2.24, 2.45) is 0 Å². The fraction of sp³-hybridized carbons (Fsp3) is 0.200. The lowest BCUT2D eigenvalue weighted by Gasteiger charge is -2.10. The van der Waals surface area contributed by atoms with E-state index >= 15 is 0 Å². The third kappa shape index (κ3) is 3.80. The van der Waals surface area contributed by atoms with E-state index in [2.05, 4.69) is 14.9 Å². The number of alkyl halides is 3. The van der Waals surface area contributed by atoms with Gasteiger partial charge in [0.15, 0.2) is 5.65 Å². The Balaban J connectivity index is 1.72. The van der Waals surface area contributed by atoms with Crippen molar-refractivity contribution in [3.63, 3.8) is 0 Å². The van der Waals surface area contributed by atoms with Gasteiger partial charge in [-0.15, -0.1) is 10.2 Å². The Labute approximate surface area is 141 Å². The van der Waals surface area contributed by atoms with E-state index in [1.54, 1.807) is 28.8 Å². The molecule has 3 rings (SSSR count). The van der Waals surface area contributed by atoms with Gasteiger partial charge in [-0.25, -0.2) is 13.1 Å². The number of aromatic nitrogens is 3. The zero-order chi connectivity index (χ0) is 18.1. The molecule has 0 radical (unpaired) electrons. The van der Waals surface area contributed by atoms with Crippen molar-refractivity contribution in [3.05, 3.63) is 60.0 Å². The minimum Gasteiger partial charge on any atom is -0.286 e. The highest BCUT2D eigenvalue weighted by atomic mass is 32.2. The third-order valence-electron chi connectivity index (χ3n) is 3.50. The largest absolute Gasteiger partial charge is 0.416 e. The van der Waals surface area contributed by atoms with Crippen molar-refractivity contribution in [3.8, 4) is 0 Å². The van der Waals surface area contributed by atoms with Gasteiger partial charge in [0, 0.05) is 19.2 Å². The Morgan fingerprint density at radius 1 is 1.08 bits per heavy atom. The fourth-order valence-electron chi connectivity index (χ4n) is 2.28. The van der Waals surface area contributed by atoms with Crippen LogP contribution in [0.4, 0.5) is 13.2 Å². The van der Waals surface area contributed by atoms with Crippen LogP contribution in [-0.2, 0) is 22.6 Å². The Morgan fingerprint density at radius 2 is 1.88 bits per heavy atom. The summed E-state index contributed by atoms with van der Waals surface area (Å²) in [6, 6.07) is 8.93. The summed E-state index contributed by atoms with van der Waals surface area (Å²) in [5.74, 6) is 0.544. The molecule has 3 aromatic rings. The molecule has 0 aliphatic heterocycles. The highest BCUT2D eigenvalue weighted by molar-refractivity contribution is 7.89. The fourth-order valence-corrected chi connectivity index (χ4v) is 3.36. The number of pyridine rings is 1. The van der Waals surface area contributed by atoms with Gasteiger partial charge in [-0.3, -0.25) is 4.40 Å². The highest BCUT2D eigenvalue weighted by Crippen LogP contribution is 2.30. The number of nitrogens with zero attached hydrogens (tertiary/aromatic N) is 3. The topological polar surface area (TPSA) is 76.4 Å². The first kappa shape index (κ1) is 17.4. The first-order valence-corrected chi connectivity index (χ1v) is 8.71. The highest BCUT2D eigenvalue weighted by Gasteiger charge is 2.31. The number of halogens is 3. The zero-order valence-electron chi connectivity index (χ0n) is 12.7. The van der Waals surface area contributed by atoms with Crippen LogP contribution in [0, 0.1) is 0 Å². The number of benzene rings is 1. The molecule has 0 aliphatic rings. The molecule has 0 saturated carbocycles. The number of rotatable bonds is 5. The molecule has 2 heterocycles. The maximum atomic E-state index is 12.7. The summed E-state index contributed by atoms with van der Waals surface area (Å²) in [7, 11) is -4.06. The molecule has 0 atom stereocenters. The number of fused-ring (bicyclic) bond motifs is 1. The van der Waals surface area contributed by atoms with E-state index in [-0.39, 0.29) is 13.0 Å². The van der Waals surface area contributed by atoms with Gasteiger partial charge >= 0.3 is 6.18 Å². The molecule has 0 amide bonds. The lowest BCUT2D eigenvalue weighted by Crippen LogP contribution is -2.26. The molecule has 0 bridgehead atoms. The van der Waals surface area contributed by atoms with Crippen molar-refractivity contribution in [2.75, 3.05) is 6.54 Å². The van der Waals surface area contributed by atoms with Gasteiger partial charge < -0.3 is 0 Å². The van der Waals surface area contributed by atoms with Crippen molar-refractivity contribution >= 4 is 15.7 Å². The van der Waals surface area contributed by atoms with Crippen molar-refractivity contribution in [1.29, 1.82) is 0 Å². The lowest BCUT2D eigenvalue weighted by atomic mass is 10.2. The molecule has 0 aliphatic carbocycles. The van der Waals surface area contributed by atoms with E-state index in [4.69, 9.17) is 0 Å². The van der Waals surface area contributed by atoms with E-state index in [1.165, 1.54) is 0 Å². The third-order valence-corrected chi connectivity index (χ3v) is 4.96. The van der Waals surface area contributed by atoms with E-state index in [9.17, 15) is 21.6 Å². The molecule has 6 nitrogen and oxygen atoms in total. The summed E-state index contributed by atoms with van der Waals surface area (Å²) in [6.45, 7) is -0.0196. The second-order valence-corrected chi connectivity index (χ2v) is 6.99. The molecule has 1 aromatic carbocycles. The molecular weight excluding hydrogens is 357 g/mol. The Hall–Kier alpha value is -2.46. The Bertz CT molecular complexity index is 999. The van der Waals surface area contributed by atoms with E-state index in [0.29, 0.717) is 17.5 Å². The maximum absolute atomic E-state index is 12.7. The van der Waals surface area contributed by atoms with Gasteiger partial charge in [0.1, 0.15) is 5.82 Å². The van der Waals surface area contributed by atoms with Crippen LogP contribution in [0.3, 0.4) is 0 Å². The second kappa shape index (κ2) is 6.45. The number of sulfonamides is 1. The maximum Gasteiger partial charge on any atom is 0.416 e. The molecule has 0 spiro atoms. The average Bonchev–Trinajstić information content (AvgIpc) is 2.97. The van der Waals surface area contributed by atoms with E-state index < -0.39 is 26.7 Å². The summed E-state index contributed by atoms with van der Waals surface area (Å²) in [5.41, 5.74) is -0.392. The van der Waals surface area contributed by atoms with Crippen molar-refractivity contribution in [1.82, 2.24) is 19.3 Å². The van der Waals surface area contributed by atoms with Gasteiger partial charge in [-0.05, 0) is 30.3 Å². The number of nitrogens with one attached hydrogen (secondary N) is 1. The summed E-state index contributed by atoms with van der Waals surface area (Å²) >= 11 is 0. The van der Waals surface area contributed by atoms with Crippen LogP contribution < -0.4 is 4.72 Å². The quantitative estimate of drug-likeness (QED) is 0.748. The monoisotopic (exact) mass is 370 g/mol. The molecule has 0 fully saturated rings. The summed E-state index contributed by atoms with van der Waals surface area (Å²) in [6.07, 6.45) is -2.62. The predicted molar refractivity (Wildman–Crippen MR) is 83.3 cm³/mol. The van der Waals surface area contributed by atoms with Crippen molar-refractivity contribution in [2.45, 2.75) is 17.5 Å². The molecular formula is C15H13F3N4O2S. The average molecular weight is 370 g/mol. The molecule has 2 aromatic heterocycles. The van der Waals surface area contributed by atoms with Crippen LogP contribution in [0.5, 0.6) is 0 Å². The van der Waals surface area contributed by atoms with Crippen LogP contribution in [0.15, 0.2) is 53.6 Å². The summed E-state index contributed by atoms with van der Waals surface area (Å²) < 4.78 is 66.5. The van der Waals surface area contributed by atoms with Gasteiger partial charge in [0.2, 0.25) is 10.0 Å². The second-order valence-electron chi connectivity index (χ2n) is 5.22. The normalized spacial score (nSPS) is 12.6. The predicted octanol–water partition coefficient (Wildman–Crippen LogP) is 2.27. The van der Waals surface area contributed by atoms with Gasteiger partial charge in [-0.2, -0.15) is 13.2 Å². The molecule has 1 N–H and O–H groups in total. The minimum absolute atomic E-state index is 0.0196. The molecule has 10 heteroatoms. The van der Waals surface area contributed by atoms with E-state index in [1.807, 2.05) is 0 Å². The molecule has 0 unspecified atom stereocenters. The van der Waals surface area contributed by atoms with Crippen molar-refractivity contribution < 1.29 is 21.6 Å². The smallest absolute Gasteiger partial charge is 0.286 e. The Morgan fingerprint density at radius 3 is 2.64 bits per heavy atom. The minimum atomic E-state index is -4.61. The molecule has 25 heavy (non-hydrogen) atoms. The van der Waals surface area contributed by atoms with Crippen LogP contribution in [0.2, 0.25) is 0 Å². The van der Waals surface area contributed by atoms with Crippen LogP contribution in [0.25, 0.3) is 5.65 Å². The Kier molecular flexibility index (Phi) is 4.48. The first-order valence-electron chi connectivity index (χ1n) is 7.23. The van der Waals surface area contributed by atoms with E-state index in [0.717, 1.165) is 18.2 Å². The van der Waals surface area contributed by atoms with Crippen LogP contribution in [0.1, 0.15) is 11.4 Å². The first-order chi connectivity index (χ1) is 11.8. The summed E-state index contributed by atoms with van der Waals surface area (Å²) in [5, 5.41) is 7.90. The van der Waals surface area contributed by atoms with Crippen LogP contribution in [-0.4, -0.2) is 29.6 Å². The van der Waals surface area contributed by atoms with Gasteiger partial charge in [0.25, 0.3) is 0 Å². The summed E-state index contributed by atoms with van der Waals surface area (Å²) in [4.78, 5) is -0.437. The van der Waals surface area contributed by atoms with Gasteiger partial charge in [-0.1, -0.05) is 12.1 Å². The lowest BCUT2D eigenvalue weighted by molar-refractivity contribution is -0.137. The zero-order valence-corrected chi connectivity index (χ0v) is 13.5. The van der Waals surface area contributed by atoms with Gasteiger partial charge in [0.05, 0.1) is 10.5 Å². The molecule has 132 valence electrons. The number of hydrogen-bond donors (Lipinski definition) is 1. The standard InChI is InChI=1S/C15H13F3N4O2S/c16-15(17,18)11-4-3-5-12(10-11)25(23,24)19-8-7-14-21-20-13-6-1-2-9-22(13)14/h1-6,9-10,19H,7-8H2.